The Balaban J connectivity index is 1.64. The Hall–Kier alpha value is -2.96. The number of amides is 1. The summed E-state index contributed by atoms with van der Waals surface area (Å²) in [6.07, 6.45) is 0. The highest BCUT2D eigenvalue weighted by Crippen LogP contribution is 2.29. The fraction of sp³-hybridized carbons (Fsp3) is 0.211. The molecule has 142 valence electrons. The summed E-state index contributed by atoms with van der Waals surface area (Å²) in [5.41, 5.74) is 3.88. The third-order valence-corrected chi connectivity index (χ3v) is 6.13. The predicted molar refractivity (Wildman–Crippen MR) is 109 cm³/mol. The van der Waals surface area contributed by atoms with Crippen molar-refractivity contribution in [1.82, 2.24) is 15.2 Å². The van der Waals surface area contributed by atoms with Crippen molar-refractivity contribution in [2.75, 3.05) is 5.32 Å². The Morgan fingerprint density at radius 1 is 1.25 bits per heavy atom. The number of nitriles is 1. The maximum Gasteiger partial charge on any atom is 0.274 e. The van der Waals surface area contributed by atoms with E-state index in [0.29, 0.717) is 39.0 Å². The van der Waals surface area contributed by atoms with Crippen LogP contribution in [0.4, 0.5) is 5.13 Å². The summed E-state index contributed by atoms with van der Waals surface area (Å²) in [5, 5.41) is 20.0. The molecule has 0 saturated heterocycles. The van der Waals surface area contributed by atoms with Gasteiger partial charge in [-0.05, 0) is 44.0 Å². The number of hydrogen-bond acceptors (Lipinski definition) is 7. The van der Waals surface area contributed by atoms with Gasteiger partial charge in [-0.1, -0.05) is 35.2 Å². The molecule has 3 rings (SSSR count). The number of benzene rings is 1. The second-order valence-electron chi connectivity index (χ2n) is 6.11. The molecule has 2 heterocycles. The van der Waals surface area contributed by atoms with E-state index in [4.69, 9.17) is 5.26 Å². The number of thioether (sulfide) groups is 1. The van der Waals surface area contributed by atoms with E-state index in [2.05, 4.69) is 26.6 Å². The SMILES string of the molecule is CC(=O)c1c(C)[nH]c(C(=O)Nc2nnc(SCc3ccc(C#N)cc3)s2)c1C. The predicted octanol–water partition coefficient (Wildman–Crippen LogP) is 4.10. The van der Waals surface area contributed by atoms with Gasteiger partial charge in [0.1, 0.15) is 5.69 Å². The highest BCUT2D eigenvalue weighted by atomic mass is 32.2. The molecule has 0 saturated carbocycles. The minimum atomic E-state index is -0.354. The topological polar surface area (TPSA) is 112 Å². The molecule has 0 aliphatic carbocycles. The van der Waals surface area contributed by atoms with Crippen molar-refractivity contribution < 1.29 is 9.59 Å². The number of aromatic amines is 1. The number of aromatic nitrogens is 3. The van der Waals surface area contributed by atoms with Gasteiger partial charge in [0.2, 0.25) is 5.13 Å². The highest BCUT2D eigenvalue weighted by molar-refractivity contribution is 8.00. The standard InChI is InChI=1S/C19H17N5O2S2/c1-10-15(12(3)25)11(2)21-16(10)17(26)22-18-23-24-19(28-18)27-9-14-6-4-13(8-20)5-7-14/h4-7,21H,9H2,1-3H3,(H,22,23,26). The van der Waals surface area contributed by atoms with Gasteiger partial charge in [0.25, 0.3) is 5.91 Å². The van der Waals surface area contributed by atoms with Crippen LogP contribution in [0, 0.1) is 25.2 Å². The van der Waals surface area contributed by atoms with E-state index in [1.807, 2.05) is 12.1 Å². The maximum absolute atomic E-state index is 12.5. The van der Waals surface area contributed by atoms with E-state index in [1.165, 1.54) is 30.0 Å². The molecule has 2 aromatic heterocycles. The van der Waals surface area contributed by atoms with Gasteiger partial charge in [-0.2, -0.15) is 5.26 Å². The molecule has 0 atom stereocenters. The Morgan fingerprint density at radius 3 is 2.57 bits per heavy atom. The molecule has 2 N–H and O–H groups in total. The van der Waals surface area contributed by atoms with E-state index in [0.717, 1.165) is 9.90 Å². The smallest absolute Gasteiger partial charge is 0.274 e. The number of carbonyl (C=O) groups is 2. The van der Waals surface area contributed by atoms with Crippen LogP contribution < -0.4 is 5.32 Å². The van der Waals surface area contributed by atoms with Gasteiger partial charge in [-0.15, -0.1) is 10.2 Å². The van der Waals surface area contributed by atoms with Crippen molar-refractivity contribution in [3.8, 4) is 6.07 Å². The Morgan fingerprint density at radius 2 is 1.96 bits per heavy atom. The Bertz CT molecular complexity index is 1080. The molecule has 1 aromatic carbocycles. The number of anilines is 1. The van der Waals surface area contributed by atoms with Crippen molar-refractivity contribution in [1.29, 1.82) is 5.26 Å². The van der Waals surface area contributed by atoms with Crippen LogP contribution in [0.25, 0.3) is 0 Å². The van der Waals surface area contributed by atoms with Gasteiger partial charge in [-0.25, -0.2) is 0 Å². The summed E-state index contributed by atoms with van der Waals surface area (Å²) in [6, 6.07) is 9.44. The van der Waals surface area contributed by atoms with E-state index >= 15 is 0 Å². The molecule has 0 aliphatic rings. The van der Waals surface area contributed by atoms with E-state index < -0.39 is 0 Å². The molecule has 28 heavy (non-hydrogen) atoms. The van der Waals surface area contributed by atoms with Crippen LogP contribution in [0.15, 0.2) is 28.6 Å². The van der Waals surface area contributed by atoms with Gasteiger partial charge < -0.3 is 4.98 Å². The first kappa shape index (κ1) is 19.8. The van der Waals surface area contributed by atoms with Crippen LogP contribution in [-0.2, 0) is 5.75 Å². The quantitative estimate of drug-likeness (QED) is 0.359. The number of Topliss-reactive ketones (excluding diaryl/α,β-unsaturated/α-hetero) is 1. The van der Waals surface area contributed by atoms with Crippen molar-refractivity contribution in [2.45, 2.75) is 30.9 Å². The number of carbonyl (C=O) groups excluding carboxylic acids is 2. The maximum atomic E-state index is 12.5. The number of H-pyrrole nitrogens is 1. The minimum Gasteiger partial charge on any atom is -0.354 e. The molecular formula is C19H17N5O2S2. The number of hydrogen-bond donors (Lipinski definition) is 2. The van der Waals surface area contributed by atoms with E-state index in [9.17, 15) is 9.59 Å². The largest absolute Gasteiger partial charge is 0.354 e. The Kier molecular flexibility index (Phi) is 5.92. The van der Waals surface area contributed by atoms with Crippen molar-refractivity contribution in [3.05, 3.63) is 57.9 Å². The second-order valence-corrected chi connectivity index (χ2v) is 8.31. The van der Waals surface area contributed by atoms with Crippen LogP contribution in [0.2, 0.25) is 0 Å². The summed E-state index contributed by atoms with van der Waals surface area (Å²) in [6.45, 7) is 4.99. The van der Waals surface area contributed by atoms with Gasteiger partial charge in [0, 0.05) is 17.0 Å². The van der Waals surface area contributed by atoms with Crippen LogP contribution in [-0.4, -0.2) is 26.9 Å². The van der Waals surface area contributed by atoms with Gasteiger partial charge in [-0.3, -0.25) is 14.9 Å². The zero-order valence-electron chi connectivity index (χ0n) is 15.5. The number of aryl methyl sites for hydroxylation is 1. The molecule has 3 aromatic rings. The molecule has 9 heteroatoms. The fourth-order valence-corrected chi connectivity index (χ4v) is 4.51. The molecule has 0 radical (unpaired) electrons. The molecule has 0 aliphatic heterocycles. The minimum absolute atomic E-state index is 0.0808. The molecule has 7 nitrogen and oxygen atoms in total. The van der Waals surface area contributed by atoms with E-state index in [-0.39, 0.29) is 11.7 Å². The summed E-state index contributed by atoms with van der Waals surface area (Å²) >= 11 is 2.78. The third kappa shape index (κ3) is 4.30. The molecule has 0 bridgehead atoms. The van der Waals surface area contributed by atoms with Crippen molar-refractivity contribution >= 4 is 39.9 Å². The van der Waals surface area contributed by atoms with E-state index in [1.54, 1.807) is 26.0 Å². The fourth-order valence-electron chi connectivity index (χ4n) is 2.80. The first-order chi connectivity index (χ1) is 13.4. The summed E-state index contributed by atoms with van der Waals surface area (Å²) in [5.74, 6) is 0.251. The van der Waals surface area contributed by atoms with Crippen LogP contribution >= 0.6 is 23.1 Å². The molecule has 0 fully saturated rings. The normalized spacial score (nSPS) is 10.5. The molecular weight excluding hydrogens is 394 g/mol. The molecule has 1 amide bonds. The number of nitrogens with zero attached hydrogens (tertiary/aromatic N) is 3. The number of nitrogens with one attached hydrogen (secondary N) is 2. The average molecular weight is 412 g/mol. The molecule has 0 spiro atoms. The van der Waals surface area contributed by atoms with Gasteiger partial charge in [0.15, 0.2) is 10.1 Å². The summed E-state index contributed by atoms with van der Waals surface area (Å²) < 4.78 is 0.725. The third-order valence-electron chi connectivity index (χ3n) is 4.09. The van der Waals surface area contributed by atoms with Crippen molar-refractivity contribution in [2.24, 2.45) is 0 Å². The molecule has 0 unspecified atom stereocenters. The average Bonchev–Trinajstić information content (AvgIpc) is 3.23. The van der Waals surface area contributed by atoms with Crippen LogP contribution in [0.3, 0.4) is 0 Å². The van der Waals surface area contributed by atoms with Crippen LogP contribution in [0.1, 0.15) is 50.2 Å². The zero-order chi connectivity index (χ0) is 20.3. The second kappa shape index (κ2) is 8.37. The lowest BCUT2D eigenvalue weighted by atomic mass is 10.1. The first-order valence-electron chi connectivity index (χ1n) is 8.36. The monoisotopic (exact) mass is 411 g/mol. The summed E-state index contributed by atoms with van der Waals surface area (Å²) in [7, 11) is 0. The van der Waals surface area contributed by atoms with Gasteiger partial charge in [0.05, 0.1) is 11.6 Å². The zero-order valence-corrected chi connectivity index (χ0v) is 17.1. The van der Waals surface area contributed by atoms with Gasteiger partial charge >= 0.3 is 0 Å². The number of ketones is 1. The Labute approximate surface area is 170 Å². The lowest BCUT2D eigenvalue weighted by Gasteiger charge is -2.00. The number of rotatable bonds is 6. The van der Waals surface area contributed by atoms with Crippen LogP contribution in [0.5, 0.6) is 0 Å². The first-order valence-corrected chi connectivity index (χ1v) is 10.2. The van der Waals surface area contributed by atoms with Crippen molar-refractivity contribution in [3.63, 3.8) is 0 Å². The lowest BCUT2D eigenvalue weighted by molar-refractivity contribution is 0.101. The lowest BCUT2D eigenvalue weighted by Crippen LogP contribution is -2.13. The highest BCUT2D eigenvalue weighted by Gasteiger charge is 2.20. The summed E-state index contributed by atoms with van der Waals surface area (Å²) in [4.78, 5) is 27.2.